The first-order valence-electron chi connectivity index (χ1n) is 12.2. The fourth-order valence-electron chi connectivity index (χ4n) is 4.71. The van der Waals surface area contributed by atoms with Crippen molar-refractivity contribution in [3.63, 3.8) is 0 Å². The maximum absolute atomic E-state index is 15.4. The monoisotopic (exact) mass is 601 g/mol. The number of carbonyl (C=O) groups is 4. The second-order valence-electron chi connectivity index (χ2n) is 9.22. The van der Waals surface area contributed by atoms with Crippen LogP contribution in [-0.4, -0.2) is 64.2 Å². The standard InChI is InChI=1S/C27H22ClF2N5O5S/c1-40-27(39)20-10-18-24(41-20)23(25(31)37)33-35(18)12-21(36)34-11-13(29)9-19(34)26(38)32-17-8-4-6-15(22(17)30)14-5-2-3-7-16(14)28/h2-8,10,13,19H,9,11-12H2,1H3,(H2,31,37)(H,32,38)/t13-,19+/m1/s1. The van der Waals surface area contributed by atoms with Crippen molar-refractivity contribution >= 4 is 62.5 Å². The number of nitrogens with zero attached hydrogens (tertiary/aromatic N) is 3. The minimum atomic E-state index is -1.50. The van der Waals surface area contributed by atoms with Gasteiger partial charge in [0, 0.05) is 22.6 Å². The van der Waals surface area contributed by atoms with Crippen molar-refractivity contribution in [1.29, 1.82) is 0 Å². The predicted octanol–water partition coefficient (Wildman–Crippen LogP) is 4.02. The van der Waals surface area contributed by atoms with E-state index in [0.717, 1.165) is 20.9 Å². The number of carbonyl (C=O) groups excluding carboxylic acids is 4. The van der Waals surface area contributed by atoms with Gasteiger partial charge < -0.3 is 20.7 Å². The number of anilines is 1. The van der Waals surface area contributed by atoms with Gasteiger partial charge in [-0.2, -0.15) is 5.10 Å². The molecule has 2 atom stereocenters. The van der Waals surface area contributed by atoms with E-state index in [2.05, 4.69) is 10.4 Å². The molecule has 0 aliphatic carbocycles. The number of likely N-dealkylation sites (tertiary alicyclic amines) is 1. The SMILES string of the molecule is COC(=O)c1cc2c(s1)c(C(N)=O)nn2CC(=O)N1C[C@H](F)C[C@H]1C(=O)Nc1cccc(-c2ccccc2Cl)c1F. The Morgan fingerprint density at radius 2 is 1.90 bits per heavy atom. The molecule has 1 aliphatic heterocycles. The van der Waals surface area contributed by atoms with E-state index >= 15 is 4.39 Å². The topological polar surface area (TPSA) is 137 Å². The summed E-state index contributed by atoms with van der Waals surface area (Å²) in [6.07, 6.45) is -1.80. The van der Waals surface area contributed by atoms with Gasteiger partial charge in [0.2, 0.25) is 11.8 Å². The average molecular weight is 602 g/mol. The third-order valence-electron chi connectivity index (χ3n) is 6.62. The number of amides is 3. The van der Waals surface area contributed by atoms with Crippen molar-refractivity contribution in [2.75, 3.05) is 19.0 Å². The number of primary amides is 1. The van der Waals surface area contributed by atoms with Crippen molar-refractivity contribution < 1.29 is 32.7 Å². The van der Waals surface area contributed by atoms with E-state index in [4.69, 9.17) is 22.1 Å². The van der Waals surface area contributed by atoms with Gasteiger partial charge in [0.05, 0.1) is 29.6 Å². The van der Waals surface area contributed by atoms with Crippen LogP contribution in [0.2, 0.25) is 5.02 Å². The summed E-state index contributed by atoms with van der Waals surface area (Å²) in [7, 11) is 1.20. The van der Waals surface area contributed by atoms with Crippen LogP contribution in [0.25, 0.3) is 21.3 Å². The highest BCUT2D eigenvalue weighted by Crippen LogP contribution is 2.34. The summed E-state index contributed by atoms with van der Waals surface area (Å²) in [6.45, 7) is -0.850. The average Bonchev–Trinajstić information content (AvgIpc) is 3.64. The molecular formula is C27H22ClF2N5O5S. The van der Waals surface area contributed by atoms with Crippen LogP contribution in [0.3, 0.4) is 0 Å². The number of halogens is 3. The van der Waals surface area contributed by atoms with E-state index < -0.39 is 48.3 Å². The Labute approximate surface area is 240 Å². The van der Waals surface area contributed by atoms with Crippen LogP contribution in [0.15, 0.2) is 48.5 Å². The first kappa shape index (κ1) is 28.2. The number of fused-ring (bicyclic) bond motifs is 1. The molecule has 2 aromatic carbocycles. The number of benzene rings is 2. The summed E-state index contributed by atoms with van der Waals surface area (Å²) in [5.74, 6) is -3.72. The lowest BCUT2D eigenvalue weighted by Gasteiger charge is -2.24. The predicted molar refractivity (Wildman–Crippen MR) is 148 cm³/mol. The van der Waals surface area contributed by atoms with Crippen LogP contribution >= 0.6 is 22.9 Å². The lowest BCUT2D eigenvalue weighted by molar-refractivity contribution is -0.137. The fraction of sp³-hybridized carbons (Fsp3) is 0.222. The van der Waals surface area contributed by atoms with Crippen LogP contribution in [0.4, 0.5) is 14.5 Å². The van der Waals surface area contributed by atoms with E-state index in [9.17, 15) is 23.6 Å². The minimum Gasteiger partial charge on any atom is -0.465 e. The van der Waals surface area contributed by atoms with Crippen molar-refractivity contribution in [3.05, 3.63) is 69.9 Å². The zero-order valence-corrected chi connectivity index (χ0v) is 23.0. The molecule has 0 spiro atoms. The molecule has 1 saturated heterocycles. The molecule has 4 aromatic rings. The number of methoxy groups -OCH3 is 1. The number of nitrogens with two attached hydrogens (primary N) is 1. The number of hydrogen-bond acceptors (Lipinski definition) is 7. The fourth-order valence-corrected chi connectivity index (χ4v) is 6.01. The van der Waals surface area contributed by atoms with E-state index in [1.807, 2.05) is 0 Å². The van der Waals surface area contributed by atoms with Gasteiger partial charge in [-0.25, -0.2) is 13.6 Å². The van der Waals surface area contributed by atoms with Gasteiger partial charge in [0.25, 0.3) is 5.91 Å². The zero-order valence-electron chi connectivity index (χ0n) is 21.4. The number of rotatable bonds is 7. The maximum atomic E-state index is 15.4. The first-order chi connectivity index (χ1) is 19.6. The lowest BCUT2D eigenvalue weighted by Crippen LogP contribution is -2.44. The molecule has 0 bridgehead atoms. The molecule has 1 fully saturated rings. The smallest absolute Gasteiger partial charge is 0.348 e. The number of alkyl halides is 1. The van der Waals surface area contributed by atoms with Crippen molar-refractivity contribution in [1.82, 2.24) is 14.7 Å². The van der Waals surface area contributed by atoms with E-state index in [1.54, 1.807) is 24.3 Å². The summed E-state index contributed by atoms with van der Waals surface area (Å²) < 4.78 is 36.1. The number of ether oxygens (including phenoxy) is 1. The number of thiophene rings is 1. The Hall–Kier alpha value is -4.36. The van der Waals surface area contributed by atoms with Crippen LogP contribution in [0, 0.1) is 5.82 Å². The summed E-state index contributed by atoms with van der Waals surface area (Å²) in [5.41, 5.74) is 5.97. The zero-order chi connectivity index (χ0) is 29.4. The Morgan fingerprint density at radius 3 is 2.61 bits per heavy atom. The largest absolute Gasteiger partial charge is 0.465 e. The van der Waals surface area contributed by atoms with Crippen LogP contribution in [0.1, 0.15) is 26.6 Å². The van der Waals surface area contributed by atoms with Gasteiger partial charge >= 0.3 is 5.97 Å². The Bertz CT molecular complexity index is 1710. The number of esters is 1. The molecule has 41 heavy (non-hydrogen) atoms. The molecule has 0 radical (unpaired) electrons. The highest BCUT2D eigenvalue weighted by Gasteiger charge is 2.40. The van der Waals surface area contributed by atoms with E-state index in [1.165, 1.54) is 31.4 Å². The summed E-state index contributed by atoms with van der Waals surface area (Å²) in [6, 6.07) is 11.2. The van der Waals surface area contributed by atoms with Crippen LogP contribution in [0.5, 0.6) is 0 Å². The van der Waals surface area contributed by atoms with Gasteiger partial charge in [0.1, 0.15) is 23.6 Å². The molecular weight excluding hydrogens is 580 g/mol. The van der Waals surface area contributed by atoms with E-state index in [0.29, 0.717) is 10.6 Å². The quantitative estimate of drug-likeness (QED) is 0.307. The number of nitrogens with one attached hydrogen (secondary N) is 1. The highest BCUT2D eigenvalue weighted by molar-refractivity contribution is 7.21. The van der Waals surface area contributed by atoms with E-state index in [-0.39, 0.29) is 45.0 Å². The van der Waals surface area contributed by atoms with Gasteiger partial charge in [0.15, 0.2) is 11.5 Å². The highest BCUT2D eigenvalue weighted by atomic mass is 35.5. The Kier molecular flexibility index (Phi) is 7.74. The molecule has 5 rings (SSSR count). The Morgan fingerprint density at radius 1 is 1.17 bits per heavy atom. The number of hydrogen-bond donors (Lipinski definition) is 2. The molecule has 14 heteroatoms. The normalized spacial score (nSPS) is 16.6. The molecule has 10 nitrogen and oxygen atoms in total. The number of aromatic nitrogens is 2. The van der Waals surface area contributed by atoms with Crippen LogP contribution < -0.4 is 11.1 Å². The third kappa shape index (κ3) is 5.37. The van der Waals surface area contributed by atoms with Crippen molar-refractivity contribution in [2.24, 2.45) is 5.73 Å². The molecule has 3 N–H and O–H groups in total. The molecule has 3 amide bonds. The maximum Gasteiger partial charge on any atom is 0.348 e. The second kappa shape index (κ2) is 11.3. The molecule has 2 aromatic heterocycles. The van der Waals surface area contributed by atoms with Gasteiger partial charge in [-0.15, -0.1) is 11.3 Å². The summed E-state index contributed by atoms with van der Waals surface area (Å²) in [4.78, 5) is 51.7. The van der Waals surface area contributed by atoms with Gasteiger partial charge in [-0.05, 0) is 18.2 Å². The molecule has 212 valence electrons. The third-order valence-corrected chi connectivity index (χ3v) is 8.07. The minimum absolute atomic E-state index is 0.152. The van der Waals surface area contributed by atoms with Crippen molar-refractivity contribution in [2.45, 2.75) is 25.2 Å². The summed E-state index contributed by atoms with van der Waals surface area (Å²) in [5, 5.41) is 6.89. The first-order valence-corrected chi connectivity index (χ1v) is 13.4. The van der Waals surface area contributed by atoms with Gasteiger partial charge in [-0.3, -0.25) is 19.1 Å². The Balaban J connectivity index is 1.39. The lowest BCUT2D eigenvalue weighted by atomic mass is 10.0. The molecule has 1 aliphatic rings. The molecule has 0 unspecified atom stereocenters. The molecule has 0 saturated carbocycles. The summed E-state index contributed by atoms with van der Waals surface area (Å²) >= 11 is 7.14. The van der Waals surface area contributed by atoms with Crippen LogP contribution in [-0.2, 0) is 20.9 Å². The molecule has 3 heterocycles. The van der Waals surface area contributed by atoms with Crippen molar-refractivity contribution in [3.8, 4) is 11.1 Å². The second-order valence-corrected chi connectivity index (χ2v) is 10.7. The van der Waals surface area contributed by atoms with Gasteiger partial charge in [-0.1, -0.05) is 41.9 Å².